The van der Waals surface area contributed by atoms with Crippen LogP contribution in [0.4, 0.5) is 5.69 Å². The number of hydrogen-bond acceptors (Lipinski definition) is 3. The molecule has 0 unspecified atom stereocenters. The number of ether oxygens (including phenoxy) is 1. The van der Waals surface area contributed by atoms with Crippen molar-refractivity contribution in [3.8, 4) is 5.75 Å². The molecule has 0 saturated carbocycles. The Morgan fingerprint density at radius 2 is 1.96 bits per heavy atom. The molecule has 1 aliphatic heterocycles. The number of amides is 2. The van der Waals surface area contributed by atoms with E-state index < -0.39 is 11.8 Å². The zero-order chi connectivity index (χ0) is 17.8. The lowest BCUT2D eigenvalue weighted by Crippen LogP contribution is -2.35. The normalized spacial score (nSPS) is 15.6. The van der Waals surface area contributed by atoms with E-state index in [0.717, 1.165) is 10.9 Å². The first-order chi connectivity index (χ1) is 12.1. The molecule has 0 spiro atoms. The van der Waals surface area contributed by atoms with E-state index >= 15 is 0 Å². The maximum absolute atomic E-state index is 12.7. The van der Waals surface area contributed by atoms with Gasteiger partial charge in [0.25, 0.3) is 11.8 Å². The predicted molar refractivity (Wildman–Crippen MR) is 100.0 cm³/mol. The summed E-state index contributed by atoms with van der Waals surface area (Å²) in [5, 5.41) is 1.24. The molecule has 2 amide bonds. The van der Waals surface area contributed by atoms with Crippen LogP contribution in [0.3, 0.4) is 0 Å². The van der Waals surface area contributed by atoms with Gasteiger partial charge in [-0.3, -0.25) is 15.0 Å². The Morgan fingerprint density at radius 3 is 2.72 bits per heavy atom. The molecule has 1 aliphatic rings. The Bertz CT molecular complexity index is 848. The zero-order valence-electron chi connectivity index (χ0n) is 13.7. The number of nitrogens with zero attached hydrogens (tertiary/aromatic N) is 1. The van der Waals surface area contributed by atoms with Gasteiger partial charge < -0.3 is 4.74 Å². The summed E-state index contributed by atoms with van der Waals surface area (Å²) >= 11 is 3.36. The molecule has 1 heterocycles. The molecule has 6 heteroatoms. The molecule has 2 aromatic carbocycles. The summed E-state index contributed by atoms with van der Waals surface area (Å²) in [6.45, 7) is 2.59. The molecule has 25 heavy (non-hydrogen) atoms. The number of carbonyl (C=O) groups is 2. The molecule has 0 radical (unpaired) electrons. The Kier molecular flexibility index (Phi) is 5.19. The minimum atomic E-state index is -0.435. The molecule has 128 valence electrons. The number of carbonyl (C=O) groups excluding carboxylic acids is 2. The van der Waals surface area contributed by atoms with Crippen molar-refractivity contribution in [1.29, 1.82) is 0 Å². The van der Waals surface area contributed by atoms with Crippen LogP contribution in [-0.2, 0) is 9.59 Å². The van der Waals surface area contributed by atoms with E-state index in [9.17, 15) is 9.59 Å². The molecule has 3 rings (SSSR count). The Balaban J connectivity index is 1.92. The van der Waals surface area contributed by atoms with Crippen LogP contribution in [0, 0.1) is 0 Å². The first kappa shape index (κ1) is 17.2. The SMILES string of the molecule is CCCOc1ccccc1/C=C1/C(=O)NN(c2cccc(Br)c2)C1=O. The van der Waals surface area contributed by atoms with E-state index in [1.54, 1.807) is 24.3 Å². The van der Waals surface area contributed by atoms with E-state index in [2.05, 4.69) is 21.4 Å². The van der Waals surface area contributed by atoms with Crippen molar-refractivity contribution in [2.45, 2.75) is 13.3 Å². The van der Waals surface area contributed by atoms with Crippen molar-refractivity contribution in [3.05, 3.63) is 64.1 Å². The number of hydrogen-bond donors (Lipinski definition) is 1. The summed E-state index contributed by atoms with van der Waals surface area (Å²) in [5.74, 6) is -0.179. The topological polar surface area (TPSA) is 58.6 Å². The van der Waals surface area contributed by atoms with Crippen LogP contribution in [0.2, 0.25) is 0 Å². The Labute approximate surface area is 154 Å². The molecular formula is C19H17BrN2O3. The lowest BCUT2D eigenvalue weighted by atomic mass is 10.1. The van der Waals surface area contributed by atoms with Crippen LogP contribution >= 0.6 is 15.9 Å². The van der Waals surface area contributed by atoms with Gasteiger partial charge in [-0.05, 0) is 36.8 Å². The van der Waals surface area contributed by atoms with Crippen LogP contribution in [0.15, 0.2) is 58.6 Å². The number of anilines is 1. The van der Waals surface area contributed by atoms with Crippen LogP contribution in [0.5, 0.6) is 5.75 Å². The molecule has 1 fully saturated rings. The van der Waals surface area contributed by atoms with Gasteiger partial charge in [0.1, 0.15) is 11.3 Å². The third-order valence-electron chi connectivity index (χ3n) is 3.64. The van der Waals surface area contributed by atoms with Crippen LogP contribution < -0.4 is 15.2 Å². The molecule has 0 aromatic heterocycles. The first-order valence-electron chi connectivity index (χ1n) is 7.94. The molecule has 0 aliphatic carbocycles. The number of rotatable bonds is 5. The fourth-order valence-corrected chi connectivity index (χ4v) is 2.84. The van der Waals surface area contributed by atoms with Gasteiger partial charge in [0.15, 0.2) is 0 Å². The van der Waals surface area contributed by atoms with Gasteiger partial charge in [0.05, 0.1) is 12.3 Å². The summed E-state index contributed by atoms with van der Waals surface area (Å²) in [5.41, 5.74) is 3.96. The van der Waals surface area contributed by atoms with Crippen LogP contribution in [0.1, 0.15) is 18.9 Å². The minimum Gasteiger partial charge on any atom is -0.493 e. The van der Waals surface area contributed by atoms with Gasteiger partial charge in [-0.2, -0.15) is 0 Å². The van der Waals surface area contributed by atoms with E-state index in [1.165, 1.54) is 5.01 Å². The highest BCUT2D eigenvalue weighted by molar-refractivity contribution is 9.10. The fourth-order valence-electron chi connectivity index (χ4n) is 2.45. The number of halogens is 1. The average molecular weight is 401 g/mol. The summed E-state index contributed by atoms with van der Waals surface area (Å²) < 4.78 is 6.51. The van der Waals surface area contributed by atoms with E-state index in [1.807, 2.05) is 37.3 Å². The maximum atomic E-state index is 12.7. The highest BCUT2D eigenvalue weighted by Gasteiger charge is 2.34. The van der Waals surface area contributed by atoms with E-state index in [4.69, 9.17) is 4.74 Å². The van der Waals surface area contributed by atoms with Crippen LogP contribution in [-0.4, -0.2) is 18.4 Å². The molecular weight excluding hydrogens is 384 g/mol. The summed E-state index contributed by atoms with van der Waals surface area (Å²) in [6.07, 6.45) is 2.45. The number of hydrazine groups is 1. The molecule has 1 saturated heterocycles. The van der Waals surface area contributed by atoms with Crippen molar-refractivity contribution in [2.75, 3.05) is 11.6 Å². The maximum Gasteiger partial charge on any atom is 0.282 e. The summed E-state index contributed by atoms with van der Waals surface area (Å²) in [6, 6.07) is 14.5. The molecule has 1 N–H and O–H groups in total. The second-order valence-corrected chi connectivity index (χ2v) is 6.42. The van der Waals surface area contributed by atoms with E-state index in [-0.39, 0.29) is 5.57 Å². The van der Waals surface area contributed by atoms with E-state index in [0.29, 0.717) is 23.6 Å². The third-order valence-corrected chi connectivity index (χ3v) is 4.13. The van der Waals surface area contributed by atoms with Gasteiger partial charge >= 0.3 is 0 Å². The average Bonchev–Trinajstić information content (AvgIpc) is 2.89. The second kappa shape index (κ2) is 7.53. The van der Waals surface area contributed by atoms with Gasteiger partial charge in [-0.25, -0.2) is 5.01 Å². The van der Waals surface area contributed by atoms with Gasteiger partial charge in [0, 0.05) is 10.0 Å². The smallest absolute Gasteiger partial charge is 0.282 e. The standard InChI is InChI=1S/C19H17BrN2O3/c1-2-10-25-17-9-4-3-6-13(17)11-16-18(23)21-22(19(16)24)15-8-5-7-14(20)12-15/h3-9,11-12H,2,10H2,1H3,(H,21,23)/b16-11-. The van der Waals surface area contributed by atoms with Gasteiger partial charge in [-0.15, -0.1) is 0 Å². The Hall–Kier alpha value is -2.60. The van der Waals surface area contributed by atoms with Crippen molar-refractivity contribution >= 4 is 39.5 Å². The molecule has 2 aromatic rings. The molecule has 5 nitrogen and oxygen atoms in total. The van der Waals surface area contributed by atoms with Crippen molar-refractivity contribution in [2.24, 2.45) is 0 Å². The summed E-state index contributed by atoms with van der Waals surface area (Å²) in [7, 11) is 0. The predicted octanol–water partition coefficient (Wildman–Crippen LogP) is 3.70. The summed E-state index contributed by atoms with van der Waals surface area (Å²) in [4.78, 5) is 25.0. The highest BCUT2D eigenvalue weighted by Crippen LogP contribution is 2.26. The highest BCUT2D eigenvalue weighted by atomic mass is 79.9. The molecule has 0 atom stereocenters. The largest absolute Gasteiger partial charge is 0.493 e. The number of nitrogens with one attached hydrogen (secondary N) is 1. The fraction of sp³-hybridized carbons (Fsp3) is 0.158. The van der Waals surface area contributed by atoms with Crippen molar-refractivity contribution in [1.82, 2.24) is 5.43 Å². The van der Waals surface area contributed by atoms with Gasteiger partial charge in [-0.1, -0.05) is 47.1 Å². The van der Waals surface area contributed by atoms with Gasteiger partial charge in [0.2, 0.25) is 0 Å². The third kappa shape index (κ3) is 3.74. The quantitative estimate of drug-likeness (QED) is 0.614. The number of para-hydroxylation sites is 1. The zero-order valence-corrected chi connectivity index (χ0v) is 15.2. The minimum absolute atomic E-state index is 0.0764. The Morgan fingerprint density at radius 1 is 1.16 bits per heavy atom. The lowest BCUT2D eigenvalue weighted by Gasteiger charge is -2.14. The van der Waals surface area contributed by atoms with Crippen molar-refractivity contribution < 1.29 is 14.3 Å². The monoisotopic (exact) mass is 400 g/mol. The lowest BCUT2D eigenvalue weighted by molar-refractivity contribution is -0.117. The van der Waals surface area contributed by atoms with Crippen molar-refractivity contribution in [3.63, 3.8) is 0 Å². The first-order valence-corrected chi connectivity index (χ1v) is 8.74. The molecule has 0 bridgehead atoms. The second-order valence-electron chi connectivity index (χ2n) is 5.51. The number of benzene rings is 2. The van der Waals surface area contributed by atoms with Crippen LogP contribution in [0.25, 0.3) is 6.08 Å².